The molecule has 22 heavy (non-hydrogen) atoms. The van der Waals surface area contributed by atoms with Gasteiger partial charge in [0, 0.05) is 5.02 Å². The smallest absolute Gasteiger partial charge is 0.240 e. The molecule has 0 aliphatic heterocycles. The largest absolute Gasteiger partial charge is 0.370 e. The van der Waals surface area contributed by atoms with E-state index in [0.29, 0.717) is 17.9 Å². The Hall–Kier alpha value is -1.30. The molecule has 0 heterocycles. The summed E-state index contributed by atoms with van der Waals surface area (Å²) in [5, 5.41) is 3.39. The average Bonchev–Trinajstić information content (AvgIpc) is 2.86. The summed E-state index contributed by atoms with van der Waals surface area (Å²) < 4.78 is 0. The predicted molar refractivity (Wildman–Crippen MR) is 88.8 cm³/mol. The molecule has 1 aromatic rings. The second-order valence-corrected chi connectivity index (χ2v) is 6.05. The number of halogens is 2. The average molecular weight is 346 g/mol. The third kappa shape index (κ3) is 4.60. The molecule has 5 N–H and O–H groups in total. The monoisotopic (exact) mass is 345 g/mol. The molecule has 1 saturated carbocycles. The van der Waals surface area contributed by atoms with Gasteiger partial charge in [-0.1, -0.05) is 36.6 Å². The predicted octanol–water partition coefficient (Wildman–Crippen LogP) is 2.07. The Morgan fingerprint density at radius 1 is 1.32 bits per heavy atom. The first-order valence-electron chi connectivity index (χ1n) is 7.04. The van der Waals surface area contributed by atoms with Gasteiger partial charge in [0.2, 0.25) is 11.8 Å². The fourth-order valence-electron chi connectivity index (χ4n) is 2.71. The number of carbonyl (C=O) groups is 2. The molecule has 0 unspecified atom stereocenters. The summed E-state index contributed by atoms with van der Waals surface area (Å²) in [5.41, 5.74) is 11.3. The molecule has 0 aromatic heterocycles. The number of nitrogens with two attached hydrogens (primary N) is 2. The van der Waals surface area contributed by atoms with Crippen molar-refractivity contribution in [3.63, 3.8) is 0 Å². The molecule has 122 valence electrons. The molecule has 0 saturated heterocycles. The van der Waals surface area contributed by atoms with Crippen molar-refractivity contribution in [2.75, 3.05) is 0 Å². The lowest BCUT2D eigenvalue weighted by molar-refractivity contribution is -0.127. The van der Waals surface area contributed by atoms with Crippen LogP contribution in [0.3, 0.4) is 0 Å². The molecule has 1 atom stereocenters. The van der Waals surface area contributed by atoms with Crippen LogP contribution in [0.4, 0.5) is 0 Å². The van der Waals surface area contributed by atoms with Gasteiger partial charge < -0.3 is 16.8 Å². The Morgan fingerprint density at radius 3 is 2.50 bits per heavy atom. The maximum absolute atomic E-state index is 12.4. The van der Waals surface area contributed by atoms with Crippen molar-refractivity contribution in [3.05, 3.63) is 34.9 Å². The van der Waals surface area contributed by atoms with E-state index < -0.39 is 17.5 Å². The van der Waals surface area contributed by atoms with Gasteiger partial charge in [-0.25, -0.2) is 0 Å². The Balaban J connectivity index is 0.00000242. The molecule has 1 aliphatic carbocycles. The van der Waals surface area contributed by atoms with E-state index in [1.165, 1.54) is 0 Å². The van der Waals surface area contributed by atoms with Crippen molar-refractivity contribution in [1.82, 2.24) is 5.32 Å². The van der Waals surface area contributed by atoms with Crippen molar-refractivity contribution in [1.29, 1.82) is 0 Å². The van der Waals surface area contributed by atoms with Crippen LogP contribution in [0.1, 0.15) is 43.7 Å². The van der Waals surface area contributed by atoms with Crippen LogP contribution in [0.25, 0.3) is 0 Å². The van der Waals surface area contributed by atoms with Gasteiger partial charge in [-0.2, -0.15) is 0 Å². The number of hydrogen-bond acceptors (Lipinski definition) is 3. The van der Waals surface area contributed by atoms with Crippen molar-refractivity contribution in [3.8, 4) is 0 Å². The maximum Gasteiger partial charge on any atom is 0.240 e. The van der Waals surface area contributed by atoms with E-state index in [0.717, 1.165) is 18.4 Å². The molecule has 1 aromatic carbocycles. The highest BCUT2D eigenvalue weighted by Crippen LogP contribution is 2.29. The second-order valence-electron chi connectivity index (χ2n) is 5.61. The number of hydrogen-bond donors (Lipinski definition) is 3. The molecule has 0 spiro atoms. The van der Waals surface area contributed by atoms with E-state index in [1.54, 1.807) is 24.3 Å². The van der Waals surface area contributed by atoms with Crippen LogP contribution in [0.15, 0.2) is 24.3 Å². The van der Waals surface area contributed by atoms with Crippen LogP contribution in [0.2, 0.25) is 5.02 Å². The van der Waals surface area contributed by atoms with Crippen LogP contribution < -0.4 is 16.8 Å². The highest BCUT2D eigenvalue weighted by Gasteiger charge is 2.38. The standard InChI is InChI=1S/C15H20ClN3O2.ClH/c16-11-5-3-4-10(8-11)12(9-13(17)20)19-14(21)15(18)6-1-2-7-15;/h3-5,8,12H,1-2,6-7,9,18H2,(H2,17,20)(H,19,21);1H/t12-;/m1./s1. The molecule has 0 bridgehead atoms. The Morgan fingerprint density at radius 2 is 1.95 bits per heavy atom. The zero-order valence-corrected chi connectivity index (χ0v) is 13.8. The number of amides is 2. The lowest BCUT2D eigenvalue weighted by Gasteiger charge is -2.26. The molecule has 7 heteroatoms. The lowest BCUT2D eigenvalue weighted by Crippen LogP contribution is -2.53. The van der Waals surface area contributed by atoms with E-state index in [4.69, 9.17) is 23.1 Å². The van der Waals surface area contributed by atoms with Gasteiger partial charge in [0.15, 0.2) is 0 Å². The molecular formula is C15H21Cl2N3O2. The van der Waals surface area contributed by atoms with Crippen LogP contribution in [-0.2, 0) is 9.59 Å². The fourth-order valence-corrected chi connectivity index (χ4v) is 2.91. The first kappa shape index (κ1) is 18.7. The van der Waals surface area contributed by atoms with E-state index >= 15 is 0 Å². The number of carbonyl (C=O) groups excluding carboxylic acids is 2. The van der Waals surface area contributed by atoms with E-state index in [9.17, 15) is 9.59 Å². The minimum absolute atomic E-state index is 0. The summed E-state index contributed by atoms with van der Waals surface area (Å²) in [4.78, 5) is 23.7. The molecule has 1 fully saturated rings. The maximum atomic E-state index is 12.4. The number of rotatable bonds is 5. The third-order valence-electron chi connectivity index (χ3n) is 3.91. The van der Waals surface area contributed by atoms with Gasteiger partial charge in [0.1, 0.15) is 0 Å². The quantitative estimate of drug-likeness (QED) is 0.761. The van der Waals surface area contributed by atoms with Crippen molar-refractivity contribution in [2.45, 2.75) is 43.7 Å². The van der Waals surface area contributed by atoms with Gasteiger partial charge in [-0.05, 0) is 30.5 Å². The molecule has 0 radical (unpaired) electrons. The summed E-state index contributed by atoms with van der Waals surface area (Å²) >= 11 is 5.96. The Kier molecular flexibility index (Phi) is 6.66. The molecule has 2 rings (SSSR count). The van der Waals surface area contributed by atoms with Gasteiger partial charge in [-0.3, -0.25) is 9.59 Å². The van der Waals surface area contributed by atoms with Crippen molar-refractivity contribution >= 4 is 35.8 Å². The van der Waals surface area contributed by atoms with Crippen molar-refractivity contribution < 1.29 is 9.59 Å². The van der Waals surface area contributed by atoms with E-state index in [1.807, 2.05) is 0 Å². The topological polar surface area (TPSA) is 98.2 Å². The first-order chi connectivity index (χ1) is 9.90. The Labute approximate surface area is 141 Å². The normalized spacial score (nSPS) is 17.4. The van der Waals surface area contributed by atoms with Crippen LogP contribution in [-0.4, -0.2) is 17.4 Å². The van der Waals surface area contributed by atoms with Crippen LogP contribution >= 0.6 is 24.0 Å². The summed E-state index contributed by atoms with van der Waals surface area (Å²) in [6.07, 6.45) is 3.24. The number of nitrogens with one attached hydrogen (secondary N) is 1. The van der Waals surface area contributed by atoms with Gasteiger partial charge >= 0.3 is 0 Å². The molecule has 1 aliphatic rings. The third-order valence-corrected chi connectivity index (χ3v) is 4.14. The van der Waals surface area contributed by atoms with Gasteiger partial charge in [0.25, 0.3) is 0 Å². The first-order valence-corrected chi connectivity index (χ1v) is 7.42. The van der Waals surface area contributed by atoms with Crippen LogP contribution in [0.5, 0.6) is 0 Å². The molecule has 5 nitrogen and oxygen atoms in total. The van der Waals surface area contributed by atoms with Crippen LogP contribution in [0, 0.1) is 0 Å². The number of primary amides is 1. The zero-order chi connectivity index (χ0) is 15.5. The van der Waals surface area contributed by atoms with Gasteiger partial charge in [-0.15, -0.1) is 12.4 Å². The zero-order valence-electron chi connectivity index (χ0n) is 12.2. The summed E-state index contributed by atoms with van der Waals surface area (Å²) in [6, 6.07) is 6.52. The number of benzene rings is 1. The highest BCUT2D eigenvalue weighted by molar-refractivity contribution is 6.30. The summed E-state index contributed by atoms with van der Waals surface area (Å²) in [7, 11) is 0. The van der Waals surface area contributed by atoms with Crippen molar-refractivity contribution in [2.24, 2.45) is 11.5 Å². The summed E-state index contributed by atoms with van der Waals surface area (Å²) in [6.45, 7) is 0. The summed E-state index contributed by atoms with van der Waals surface area (Å²) in [5.74, 6) is -0.719. The van der Waals surface area contributed by atoms with Gasteiger partial charge in [0.05, 0.1) is 18.0 Å². The van der Waals surface area contributed by atoms with E-state index in [2.05, 4.69) is 5.32 Å². The Bertz CT molecular complexity index is 545. The second kappa shape index (κ2) is 7.81. The minimum atomic E-state index is -0.839. The molecular weight excluding hydrogens is 325 g/mol. The lowest BCUT2D eigenvalue weighted by atomic mass is 9.96. The molecule has 2 amide bonds. The SMILES string of the molecule is Cl.NC(=O)C[C@@H](NC(=O)C1(N)CCCC1)c1cccc(Cl)c1. The minimum Gasteiger partial charge on any atom is -0.370 e. The fraction of sp³-hybridized carbons (Fsp3) is 0.467. The highest BCUT2D eigenvalue weighted by atomic mass is 35.5. The van der Waals surface area contributed by atoms with E-state index in [-0.39, 0.29) is 24.7 Å².